The Kier molecular flexibility index (Phi) is 6.83. The molecule has 0 bridgehead atoms. The highest BCUT2D eigenvalue weighted by Gasteiger charge is 2.28. The molecular formula is C17H28ClN5S. The summed E-state index contributed by atoms with van der Waals surface area (Å²) in [5.74, 6) is 0. The molecule has 24 heavy (non-hydrogen) atoms. The van der Waals surface area contributed by atoms with Crippen molar-refractivity contribution in [1.29, 1.82) is 0 Å². The molecule has 3 rings (SSSR count). The van der Waals surface area contributed by atoms with Gasteiger partial charge in [-0.2, -0.15) is 5.10 Å². The van der Waals surface area contributed by atoms with Crippen LogP contribution in [0.5, 0.6) is 0 Å². The smallest absolute Gasteiger partial charge is 0.0794 e. The van der Waals surface area contributed by atoms with Crippen LogP contribution in [0.15, 0.2) is 23.7 Å². The number of likely N-dealkylation sites (N-methyl/N-ethyl adjacent to an activating group) is 1. The first-order valence-corrected chi connectivity index (χ1v) is 9.15. The standard InChI is InChI=1S/C17H27N5S.ClH/c1-17(2,22-8-6-21(3)7-9-22)13-18-11-14-12-19-20-16(14)15-5-4-10-23-15;/h4-5,10,12,18H,6-9,11,13H2,1-3H3,(H,19,20);1H. The molecule has 0 spiro atoms. The Morgan fingerprint density at radius 2 is 2.04 bits per heavy atom. The lowest BCUT2D eigenvalue weighted by Crippen LogP contribution is -2.57. The van der Waals surface area contributed by atoms with E-state index in [1.165, 1.54) is 10.4 Å². The van der Waals surface area contributed by atoms with Gasteiger partial charge in [-0.1, -0.05) is 6.07 Å². The van der Waals surface area contributed by atoms with Crippen molar-refractivity contribution < 1.29 is 0 Å². The Labute approximate surface area is 154 Å². The zero-order valence-corrected chi connectivity index (χ0v) is 16.3. The van der Waals surface area contributed by atoms with E-state index < -0.39 is 0 Å². The van der Waals surface area contributed by atoms with Crippen LogP contribution in [0.25, 0.3) is 10.6 Å². The molecule has 0 atom stereocenters. The lowest BCUT2D eigenvalue weighted by Gasteiger charge is -2.43. The van der Waals surface area contributed by atoms with E-state index in [0.29, 0.717) is 0 Å². The van der Waals surface area contributed by atoms with Gasteiger partial charge in [0.05, 0.1) is 16.8 Å². The summed E-state index contributed by atoms with van der Waals surface area (Å²) in [6.45, 7) is 11.1. The lowest BCUT2D eigenvalue weighted by molar-refractivity contribution is 0.0618. The van der Waals surface area contributed by atoms with Crippen LogP contribution in [0.4, 0.5) is 0 Å². The second kappa shape index (κ2) is 8.45. The van der Waals surface area contributed by atoms with Crippen LogP contribution in [0.1, 0.15) is 19.4 Å². The van der Waals surface area contributed by atoms with Crippen molar-refractivity contribution in [2.24, 2.45) is 0 Å². The Bertz CT molecular complexity index is 602. The van der Waals surface area contributed by atoms with Gasteiger partial charge in [0.25, 0.3) is 0 Å². The zero-order chi connectivity index (χ0) is 16.3. The zero-order valence-electron chi connectivity index (χ0n) is 14.7. The SMILES string of the molecule is CN1CCN(C(C)(C)CNCc2cn[nH]c2-c2cccs2)CC1.Cl. The number of rotatable bonds is 6. The lowest BCUT2D eigenvalue weighted by atomic mass is 10.0. The molecule has 7 heteroatoms. The number of hydrogen-bond donors (Lipinski definition) is 2. The molecular weight excluding hydrogens is 342 g/mol. The summed E-state index contributed by atoms with van der Waals surface area (Å²) < 4.78 is 0. The summed E-state index contributed by atoms with van der Waals surface area (Å²) in [5.41, 5.74) is 2.56. The van der Waals surface area contributed by atoms with Gasteiger partial charge >= 0.3 is 0 Å². The maximum atomic E-state index is 4.22. The van der Waals surface area contributed by atoms with Gasteiger partial charge in [0.1, 0.15) is 0 Å². The number of nitrogens with one attached hydrogen (secondary N) is 2. The summed E-state index contributed by atoms with van der Waals surface area (Å²) in [7, 11) is 2.20. The van der Waals surface area contributed by atoms with E-state index in [4.69, 9.17) is 0 Å². The summed E-state index contributed by atoms with van der Waals surface area (Å²) in [5, 5.41) is 13.1. The third-order valence-corrected chi connectivity index (χ3v) is 5.61. The summed E-state index contributed by atoms with van der Waals surface area (Å²) in [4.78, 5) is 6.24. The van der Waals surface area contributed by atoms with Gasteiger partial charge in [-0.25, -0.2) is 0 Å². The second-order valence-electron chi connectivity index (χ2n) is 6.95. The Hall–Kier alpha value is -0.920. The number of hydrogen-bond acceptors (Lipinski definition) is 5. The molecule has 0 aromatic carbocycles. The summed E-state index contributed by atoms with van der Waals surface area (Å²) in [6, 6.07) is 4.21. The molecule has 2 aromatic heterocycles. The highest BCUT2D eigenvalue weighted by molar-refractivity contribution is 7.13. The van der Waals surface area contributed by atoms with E-state index >= 15 is 0 Å². The molecule has 1 aliphatic rings. The molecule has 1 saturated heterocycles. The predicted octanol–water partition coefficient (Wildman–Crippen LogP) is 2.68. The summed E-state index contributed by atoms with van der Waals surface area (Å²) in [6.07, 6.45) is 1.94. The van der Waals surface area contributed by atoms with E-state index in [1.807, 2.05) is 6.20 Å². The van der Waals surface area contributed by atoms with Gasteiger partial charge in [0.2, 0.25) is 0 Å². The first kappa shape index (κ1) is 19.4. The van der Waals surface area contributed by atoms with E-state index in [9.17, 15) is 0 Å². The number of nitrogens with zero attached hydrogens (tertiary/aromatic N) is 3. The van der Waals surface area contributed by atoms with E-state index in [2.05, 4.69) is 63.7 Å². The molecule has 134 valence electrons. The monoisotopic (exact) mass is 369 g/mol. The molecule has 0 saturated carbocycles. The van der Waals surface area contributed by atoms with Crippen molar-refractivity contribution in [3.63, 3.8) is 0 Å². The summed E-state index contributed by atoms with van der Waals surface area (Å²) >= 11 is 1.74. The first-order valence-electron chi connectivity index (χ1n) is 8.27. The number of aromatic nitrogens is 2. The first-order chi connectivity index (χ1) is 11.1. The molecule has 2 aromatic rings. The Morgan fingerprint density at radius 1 is 1.29 bits per heavy atom. The van der Waals surface area contributed by atoms with Gasteiger partial charge in [-0.05, 0) is 32.3 Å². The molecule has 1 aliphatic heterocycles. The highest BCUT2D eigenvalue weighted by atomic mass is 35.5. The number of piperazine rings is 1. The van der Waals surface area contributed by atoms with Crippen molar-refractivity contribution >= 4 is 23.7 Å². The number of halogens is 1. The van der Waals surface area contributed by atoms with Gasteiger partial charge in [-0.3, -0.25) is 10.00 Å². The van der Waals surface area contributed by atoms with Crippen molar-refractivity contribution in [3.8, 4) is 10.6 Å². The number of thiophene rings is 1. The third kappa shape index (κ3) is 4.58. The van der Waals surface area contributed by atoms with Crippen LogP contribution >= 0.6 is 23.7 Å². The minimum absolute atomic E-state index is 0. The predicted molar refractivity (Wildman–Crippen MR) is 104 cm³/mol. The van der Waals surface area contributed by atoms with Gasteiger partial charge in [-0.15, -0.1) is 23.7 Å². The maximum absolute atomic E-state index is 4.22. The van der Waals surface area contributed by atoms with Crippen LogP contribution in [0.2, 0.25) is 0 Å². The fraction of sp³-hybridized carbons (Fsp3) is 0.588. The fourth-order valence-corrected chi connectivity index (χ4v) is 3.86. The van der Waals surface area contributed by atoms with E-state index in [1.54, 1.807) is 11.3 Å². The molecule has 5 nitrogen and oxygen atoms in total. The average molecular weight is 370 g/mol. The van der Waals surface area contributed by atoms with Gasteiger partial charge in [0.15, 0.2) is 0 Å². The number of H-pyrrole nitrogens is 1. The topological polar surface area (TPSA) is 47.2 Å². The van der Waals surface area contributed by atoms with Crippen molar-refractivity contribution in [3.05, 3.63) is 29.3 Å². The minimum Gasteiger partial charge on any atom is -0.311 e. The molecule has 0 radical (unpaired) electrons. The molecule has 0 amide bonds. The van der Waals surface area contributed by atoms with Crippen LogP contribution in [-0.2, 0) is 6.54 Å². The fourth-order valence-electron chi connectivity index (χ4n) is 3.11. The van der Waals surface area contributed by atoms with Crippen LogP contribution in [-0.4, -0.2) is 65.3 Å². The highest BCUT2D eigenvalue weighted by Crippen LogP contribution is 2.25. The maximum Gasteiger partial charge on any atom is 0.0794 e. The van der Waals surface area contributed by atoms with Crippen molar-refractivity contribution in [1.82, 2.24) is 25.3 Å². The van der Waals surface area contributed by atoms with Gasteiger partial charge < -0.3 is 10.2 Å². The number of aromatic amines is 1. The average Bonchev–Trinajstić information content (AvgIpc) is 3.18. The van der Waals surface area contributed by atoms with E-state index in [-0.39, 0.29) is 17.9 Å². The second-order valence-corrected chi connectivity index (χ2v) is 7.90. The quantitative estimate of drug-likeness (QED) is 0.821. The molecule has 1 fully saturated rings. The molecule has 0 aliphatic carbocycles. The molecule has 2 N–H and O–H groups in total. The van der Waals surface area contributed by atoms with Crippen molar-refractivity contribution in [2.75, 3.05) is 39.8 Å². The Morgan fingerprint density at radius 3 is 2.71 bits per heavy atom. The molecule has 0 unspecified atom stereocenters. The Balaban J connectivity index is 0.00000208. The van der Waals surface area contributed by atoms with Crippen LogP contribution in [0.3, 0.4) is 0 Å². The van der Waals surface area contributed by atoms with Crippen LogP contribution < -0.4 is 5.32 Å². The van der Waals surface area contributed by atoms with E-state index in [0.717, 1.165) is 45.0 Å². The minimum atomic E-state index is 0. The normalized spacial score (nSPS) is 17.0. The molecule has 3 heterocycles. The van der Waals surface area contributed by atoms with Gasteiger partial charge in [0, 0.05) is 50.4 Å². The van der Waals surface area contributed by atoms with Crippen LogP contribution in [0, 0.1) is 0 Å². The third-order valence-electron chi connectivity index (χ3n) is 4.72. The van der Waals surface area contributed by atoms with Crippen molar-refractivity contribution in [2.45, 2.75) is 25.9 Å². The largest absolute Gasteiger partial charge is 0.311 e.